The van der Waals surface area contributed by atoms with E-state index in [0.717, 1.165) is 25.9 Å². The molecule has 0 unspecified atom stereocenters. The predicted molar refractivity (Wildman–Crippen MR) is 87.4 cm³/mol. The molecule has 1 saturated carbocycles. The van der Waals surface area contributed by atoms with Crippen LogP contribution in [0.1, 0.15) is 69.1 Å². The van der Waals surface area contributed by atoms with Crippen molar-refractivity contribution in [3.05, 3.63) is 21.9 Å². The minimum Gasteiger partial charge on any atom is -0.389 e. The van der Waals surface area contributed by atoms with E-state index in [2.05, 4.69) is 38.2 Å². The van der Waals surface area contributed by atoms with Gasteiger partial charge >= 0.3 is 0 Å². The fourth-order valence-electron chi connectivity index (χ4n) is 2.86. The van der Waals surface area contributed by atoms with Crippen LogP contribution in [-0.4, -0.2) is 17.3 Å². The summed E-state index contributed by atoms with van der Waals surface area (Å²) in [6, 6.07) is 4.46. The maximum absolute atomic E-state index is 10.6. The summed E-state index contributed by atoms with van der Waals surface area (Å²) in [5.74, 6) is 0. The first-order valence-corrected chi connectivity index (χ1v) is 8.73. The van der Waals surface area contributed by atoms with Gasteiger partial charge in [0.2, 0.25) is 0 Å². The van der Waals surface area contributed by atoms with Crippen LogP contribution >= 0.6 is 11.3 Å². The number of nitrogens with one attached hydrogen (secondary N) is 1. The van der Waals surface area contributed by atoms with Crippen LogP contribution in [0.2, 0.25) is 0 Å². The lowest BCUT2D eigenvalue weighted by Gasteiger charge is -2.26. The van der Waals surface area contributed by atoms with Crippen molar-refractivity contribution in [1.29, 1.82) is 0 Å². The summed E-state index contributed by atoms with van der Waals surface area (Å²) in [4.78, 5) is 2.80. The Hall–Kier alpha value is -0.380. The Balaban J connectivity index is 1.82. The molecular formula is C17H29NOS. The van der Waals surface area contributed by atoms with Crippen LogP contribution in [0.5, 0.6) is 0 Å². The molecule has 2 rings (SSSR count). The van der Waals surface area contributed by atoms with E-state index in [-0.39, 0.29) is 5.41 Å². The summed E-state index contributed by atoms with van der Waals surface area (Å²) < 4.78 is 0. The van der Waals surface area contributed by atoms with E-state index < -0.39 is 5.60 Å². The summed E-state index contributed by atoms with van der Waals surface area (Å²) in [6.45, 7) is 8.37. The number of hydrogen-bond donors (Lipinski definition) is 2. The van der Waals surface area contributed by atoms with Gasteiger partial charge in [0, 0.05) is 22.8 Å². The Kier molecular flexibility index (Phi) is 5.27. The summed E-state index contributed by atoms with van der Waals surface area (Å²) in [7, 11) is 0. The quantitative estimate of drug-likeness (QED) is 0.815. The number of hydrogen-bond acceptors (Lipinski definition) is 3. The van der Waals surface area contributed by atoms with Crippen molar-refractivity contribution in [3.63, 3.8) is 0 Å². The lowest BCUT2D eigenvalue weighted by molar-refractivity contribution is 0.0251. The van der Waals surface area contributed by atoms with E-state index >= 15 is 0 Å². The fourth-order valence-corrected chi connectivity index (χ4v) is 3.89. The van der Waals surface area contributed by atoms with E-state index in [4.69, 9.17) is 0 Å². The van der Waals surface area contributed by atoms with Crippen LogP contribution < -0.4 is 5.32 Å². The normalized spacial score (nSPS) is 19.8. The molecule has 3 heteroatoms. The lowest BCUT2D eigenvalue weighted by Crippen LogP contribution is -2.39. The molecule has 0 spiro atoms. The molecule has 1 heterocycles. The highest BCUT2D eigenvalue weighted by atomic mass is 32.1. The number of aliphatic hydroxyl groups is 1. The van der Waals surface area contributed by atoms with Crippen LogP contribution in [0.3, 0.4) is 0 Å². The third-order valence-electron chi connectivity index (χ3n) is 4.19. The zero-order chi connectivity index (χ0) is 14.6. The van der Waals surface area contributed by atoms with E-state index in [0.29, 0.717) is 0 Å². The molecule has 0 amide bonds. The van der Waals surface area contributed by atoms with Crippen LogP contribution in [-0.2, 0) is 12.0 Å². The second-order valence-electron chi connectivity index (χ2n) is 7.26. The fraction of sp³-hybridized carbons (Fsp3) is 0.765. The van der Waals surface area contributed by atoms with Gasteiger partial charge in [0.1, 0.15) is 0 Å². The van der Waals surface area contributed by atoms with E-state index in [9.17, 15) is 5.11 Å². The van der Waals surface area contributed by atoms with Gasteiger partial charge in [0.25, 0.3) is 0 Å². The first-order valence-electron chi connectivity index (χ1n) is 7.91. The first kappa shape index (κ1) is 16.0. The third-order valence-corrected chi connectivity index (χ3v) is 5.70. The summed E-state index contributed by atoms with van der Waals surface area (Å²) in [5, 5.41) is 14.1. The molecule has 0 saturated heterocycles. The first-order chi connectivity index (χ1) is 9.39. The summed E-state index contributed by atoms with van der Waals surface area (Å²) >= 11 is 1.89. The Labute approximate surface area is 127 Å². The standard InChI is InChI=1S/C17H29NOS/c1-16(2,3)15-9-8-14(20-15)12-18-13-17(19)10-6-4-5-7-11-17/h8-9,18-19H,4-7,10-13H2,1-3H3. The van der Waals surface area contributed by atoms with Gasteiger partial charge in [0.05, 0.1) is 5.60 Å². The maximum Gasteiger partial charge on any atom is 0.0771 e. The molecule has 2 N–H and O–H groups in total. The second-order valence-corrected chi connectivity index (χ2v) is 8.43. The van der Waals surface area contributed by atoms with E-state index in [1.165, 1.54) is 35.4 Å². The highest BCUT2D eigenvalue weighted by Crippen LogP contribution is 2.30. The molecule has 1 aromatic rings. The molecule has 1 aliphatic carbocycles. The topological polar surface area (TPSA) is 32.3 Å². The van der Waals surface area contributed by atoms with Gasteiger partial charge in [-0.15, -0.1) is 11.3 Å². The van der Waals surface area contributed by atoms with Gasteiger partial charge in [0.15, 0.2) is 0 Å². The third kappa shape index (κ3) is 4.57. The molecule has 0 aliphatic heterocycles. The van der Waals surface area contributed by atoms with Gasteiger partial charge in [-0.1, -0.05) is 46.5 Å². The molecule has 1 aromatic heterocycles. The summed E-state index contributed by atoms with van der Waals surface area (Å²) in [6.07, 6.45) is 6.82. The van der Waals surface area contributed by atoms with Gasteiger partial charge in [-0.25, -0.2) is 0 Å². The molecule has 20 heavy (non-hydrogen) atoms. The maximum atomic E-state index is 10.6. The van der Waals surface area contributed by atoms with Crippen LogP contribution in [0.15, 0.2) is 12.1 Å². The Morgan fingerprint density at radius 3 is 2.35 bits per heavy atom. The average molecular weight is 295 g/mol. The van der Waals surface area contributed by atoms with Crippen molar-refractivity contribution >= 4 is 11.3 Å². The van der Waals surface area contributed by atoms with Crippen molar-refractivity contribution in [2.45, 2.75) is 76.9 Å². The molecule has 114 valence electrons. The van der Waals surface area contributed by atoms with E-state index in [1.54, 1.807) is 0 Å². The van der Waals surface area contributed by atoms with Crippen molar-refractivity contribution in [3.8, 4) is 0 Å². The Morgan fingerprint density at radius 2 is 1.80 bits per heavy atom. The van der Waals surface area contributed by atoms with Gasteiger partial charge in [-0.05, 0) is 30.4 Å². The molecule has 0 aromatic carbocycles. The second kappa shape index (κ2) is 6.59. The Morgan fingerprint density at radius 1 is 1.15 bits per heavy atom. The van der Waals surface area contributed by atoms with Crippen molar-refractivity contribution in [2.24, 2.45) is 0 Å². The molecule has 1 aliphatic rings. The average Bonchev–Trinajstić information content (AvgIpc) is 2.73. The predicted octanol–water partition coefficient (Wildman–Crippen LogP) is 4.22. The largest absolute Gasteiger partial charge is 0.389 e. The number of thiophene rings is 1. The monoisotopic (exact) mass is 295 g/mol. The Bertz CT molecular complexity index is 411. The highest BCUT2D eigenvalue weighted by Gasteiger charge is 2.27. The van der Waals surface area contributed by atoms with Crippen molar-refractivity contribution in [1.82, 2.24) is 5.32 Å². The highest BCUT2D eigenvalue weighted by molar-refractivity contribution is 7.12. The van der Waals surface area contributed by atoms with E-state index in [1.807, 2.05) is 11.3 Å². The van der Waals surface area contributed by atoms with Crippen LogP contribution in [0.25, 0.3) is 0 Å². The minimum atomic E-state index is -0.472. The molecule has 0 bridgehead atoms. The van der Waals surface area contributed by atoms with Gasteiger partial charge < -0.3 is 10.4 Å². The van der Waals surface area contributed by atoms with Gasteiger partial charge in [-0.3, -0.25) is 0 Å². The molecule has 0 radical (unpaired) electrons. The van der Waals surface area contributed by atoms with Crippen LogP contribution in [0, 0.1) is 0 Å². The van der Waals surface area contributed by atoms with Crippen molar-refractivity contribution in [2.75, 3.05) is 6.54 Å². The van der Waals surface area contributed by atoms with Gasteiger partial charge in [-0.2, -0.15) is 0 Å². The zero-order valence-corrected chi connectivity index (χ0v) is 14.0. The molecule has 2 nitrogen and oxygen atoms in total. The lowest BCUT2D eigenvalue weighted by atomic mass is 9.94. The minimum absolute atomic E-state index is 0.238. The SMILES string of the molecule is CC(C)(C)c1ccc(CNCC2(O)CCCCCC2)s1. The number of rotatable bonds is 4. The molecule has 0 atom stereocenters. The summed E-state index contributed by atoms with van der Waals surface area (Å²) in [5.41, 5.74) is -0.233. The molecular weight excluding hydrogens is 266 g/mol. The zero-order valence-electron chi connectivity index (χ0n) is 13.2. The van der Waals surface area contributed by atoms with Crippen LogP contribution in [0.4, 0.5) is 0 Å². The smallest absolute Gasteiger partial charge is 0.0771 e. The molecule has 1 fully saturated rings. The van der Waals surface area contributed by atoms with Crippen molar-refractivity contribution < 1.29 is 5.11 Å².